The zero-order chi connectivity index (χ0) is 19.0. The standard InChI is InChI=1S/C20H25O5P/c1-22-14-24-19-12-9-17(13-20(19)25-15-23-2)6-5-16-7-10-18(11-8-16)26(3,4)21/h5-13H,14-15H2,1-4H3. The molecule has 0 N–H and O–H groups in total. The fraction of sp³-hybridized carbons (Fsp3) is 0.300. The molecule has 0 unspecified atom stereocenters. The zero-order valence-corrected chi connectivity index (χ0v) is 16.5. The van der Waals surface area contributed by atoms with E-state index in [0.717, 1.165) is 16.4 Å². The van der Waals surface area contributed by atoms with E-state index in [1.807, 2.05) is 54.6 Å². The molecule has 26 heavy (non-hydrogen) atoms. The molecule has 0 saturated heterocycles. The van der Waals surface area contributed by atoms with E-state index < -0.39 is 7.14 Å². The van der Waals surface area contributed by atoms with Gasteiger partial charge in [-0.15, -0.1) is 0 Å². The molecule has 0 spiro atoms. The Morgan fingerprint density at radius 3 is 1.92 bits per heavy atom. The summed E-state index contributed by atoms with van der Waals surface area (Å²) in [7, 11) is 0.904. The summed E-state index contributed by atoms with van der Waals surface area (Å²) in [6.45, 7) is 3.81. The van der Waals surface area contributed by atoms with Gasteiger partial charge in [0.25, 0.3) is 0 Å². The quantitative estimate of drug-likeness (QED) is 0.375. The minimum absolute atomic E-state index is 0.131. The van der Waals surface area contributed by atoms with Crippen LogP contribution in [0.25, 0.3) is 12.2 Å². The molecule has 0 amide bonds. The Hall–Kier alpha value is -2.07. The van der Waals surface area contributed by atoms with E-state index in [-0.39, 0.29) is 13.6 Å². The van der Waals surface area contributed by atoms with Gasteiger partial charge in [-0.25, -0.2) is 0 Å². The normalized spacial score (nSPS) is 11.7. The van der Waals surface area contributed by atoms with E-state index in [1.54, 1.807) is 27.5 Å². The van der Waals surface area contributed by atoms with Crippen molar-refractivity contribution < 1.29 is 23.5 Å². The minimum Gasteiger partial charge on any atom is -0.464 e. The van der Waals surface area contributed by atoms with Crippen LogP contribution in [0, 0.1) is 0 Å². The van der Waals surface area contributed by atoms with Gasteiger partial charge >= 0.3 is 0 Å². The maximum absolute atomic E-state index is 12.1. The predicted octanol–water partition coefficient (Wildman–Crippen LogP) is 4.07. The Bertz CT molecular complexity index is 777. The molecule has 0 aliphatic heterocycles. The molecule has 0 aliphatic carbocycles. The van der Waals surface area contributed by atoms with Gasteiger partial charge in [-0.1, -0.05) is 42.5 Å². The molecule has 0 aliphatic rings. The number of ether oxygens (including phenoxy) is 4. The van der Waals surface area contributed by atoms with E-state index in [2.05, 4.69) is 0 Å². The van der Waals surface area contributed by atoms with Gasteiger partial charge in [0.15, 0.2) is 25.1 Å². The molecule has 0 atom stereocenters. The van der Waals surface area contributed by atoms with Crippen molar-refractivity contribution >= 4 is 24.6 Å². The zero-order valence-electron chi connectivity index (χ0n) is 15.6. The highest BCUT2D eigenvalue weighted by molar-refractivity contribution is 7.70. The van der Waals surface area contributed by atoms with Crippen molar-refractivity contribution in [3.05, 3.63) is 53.6 Å². The molecule has 6 heteroatoms. The molecule has 0 bridgehead atoms. The first-order chi connectivity index (χ1) is 12.4. The summed E-state index contributed by atoms with van der Waals surface area (Å²) >= 11 is 0. The lowest BCUT2D eigenvalue weighted by atomic mass is 10.1. The molecular formula is C20H25O5P. The summed E-state index contributed by atoms with van der Waals surface area (Å²) in [5, 5.41) is 0.879. The molecule has 2 aromatic carbocycles. The van der Waals surface area contributed by atoms with Crippen LogP contribution in [-0.2, 0) is 14.0 Å². The predicted molar refractivity (Wildman–Crippen MR) is 106 cm³/mol. The second-order valence-electron chi connectivity index (χ2n) is 6.08. The maximum Gasteiger partial charge on any atom is 0.188 e. The third-order valence-corrected chi connectivity index (χ3v) is 5.16. The van der Waals surface area contributed by atoms with Crippen molar-refractivity contribution in [2.75, 3.05) is 41.1 Å². The van der Waals surface area contributed by atoms with E-state index >= 15 is 0 Å². The highest BCUT2D eigenvalue weighted by atomic mass is 31.2. The first-order valence-electron chi connectivity index (χ1n) is 8.15. The Morgan fingerprint density at radius 2 is 1.35 bits per heavy atom. The van der Waals surface area contributed by atoms with Crippen molar-refractivity contribution in [3.8, 4) is 11.5 Å². The van der Waals surface area contributed by atoms with E-state index in [4.69, 9.17) is 18.9 Å². The van der Waals surface area contributed by atoms with Crippen LogP contribution in [0.2, 0.25) is 0 Å². The van der Waals surface area contributed by atoms with Gasteiger partial charge in [0, 0.05) is 19.5 Å². The van der Waals surface area contributed by atoms with Crippen molar-refractivity contribution in [3.63, 3.8) is 0 Å². The van der Waals surface area contributed by atoms with Gasteiger partial charge < -0.3 is 23.5 Å². The topological polar surface area (TPSA) is 54.0 Å². The van der Waals surface area contributed by atoms with Crippen LogP contribution in [0.4, 0.5) is 0 Å². The van der Waals surface area contributed by atoms with Gasteiger partial charge in [-0.05, 0) is 36.6 Å². The van der Waals surface area contributed by atoms with Gasteiger partial charge in [-0.3, -0.25) is 0 Å². The third kappa shape index (κ3) is 6.03. The molecule has 0 radical (unpaired) electrons. The van der Waals surface area contributed by atoms with E-state index in [9.17, 15) is 4.57 Å². The molecule has 0 aromatic heterocycles. The van der Waals surface area contributed by atoms with Gasteiger partial charge in [0.05, 0.1) is 0 Å². The van der Waals surface area contributed by atoms with Crippen LogP contribution < -0.4 is 14.8 Å². The van der Waals surface area contributed by atoms with Gasteiger partial charge in [0.2, 0.25) is 0 Å². The number of hydrogen-bond acceptors (Lipinski definition) is 5. The summed E-state index contributed by atoms with van der Waals surface area (Å²) in [5.74, 6) is 1.17. The van der Waals surface area contributed by atoms with Crippen molar-refractivity contribution in [1.29, 1.82) is 0 Å². The smallest absolute Gasteiger partial charge is 0.188 e. The van der Waals surface area contributed by atoms with Crippen LogP contribution in [-0.4, -0.2) is 41.1 Å². The van der Waals surface area contributed by atoms with Crippen LogP contribution in [0.15, 0.2) is 42.5 Å². The Labute approximate surface area is 154 Å². The number of methoxy groups -OCH3 is 2. The Morgan fingerprint density at radius 1 is 0.808 bits per heavy atom. The molecule has 2 aromatic rings. The molecule has 0 saturated carbocycles. The SMILES string of the molecule is COCOc1ccc(C=Cc2ccc(P(C)(C)=O)cc2)cc1OCOC. The second-order valence-corrected chi connectivity index (χ2v) is 9.30. The van der Waals surface area contributed by atoms with Gasteiger partial charge in [0.1, 0.15) is 7.14 Å². The largest absolute Gasteiger partial charge is 0.464 e. The molecular weight excluding hydrogens is 351 g/mol. The third-order valence-electron chi connectivity index (χ3n) is 3.62. The first kappa shape index (κ1) is 20.2. The lowest BCUT2D eigenvalue weighted by molar-refractivity contribution is 0.0322. The van der Waals surface area contributed by atoms with Crippen molar-refractivity contribution in [2.45, 2.75) is 0 Å². The van der Waals surface area contributed by atoms with Crippen LogP contribution in [0.3, 0.4) is 0 Å². The number of benzene rings is 2. The molecule has 2 rings (SSSR count). The summed E-state index contributed by atoms with van der Waals surface area (Å²) in [5.41, 5.74) is 1.99. The lowest BCUT2D eigenvalue weighted by Gasteiger charge is -2.12. The summed E-state index contributed by atoms with van der Waals surface area (Å²) < 4.78 is 33.0. The Balaban J connectivity index is 2.17. The minimum atomic E-state index is -2.22. The molecule has 5 nitrogen and oxygen atoms in total. The Kier molecular flexibility index (Phi) is 7.46. The number of rotatable bonds is 9. The average molecular weight is 376 g/mol. The molecule has 0 heterocycles. The van der Waals surface area contributed by atoms with Crippen LogP contribution >= 0.6 is 7.14 Å². The van der Waals surface area contributed by atoms with Crippen LogP contribution in [0.1, 0.15) is 11.1 Å². The monoisotopic (exact) mass is 376 g/mol. The fourth-order valence-corrected chi connectivity index (χ4v) is 3.11. The summed E-state index contributed by atoms with van der Waals surface area (Å²) in [4.78, 5) is 0. The van der Waals surface area contributed by atoms with Crippen molar-refractivity contribution in [1.82, 2.24) is 0 Å². The average Bonchev–Trinajstić information content (AvgIpc) is 2.63. The second kappa shape index (κ2) is 9.58. The lowest BCUT2D eigenvalue weighted by Crippen LogP contribution is -2.04. The molecule has 0 fully saturated rings. The summed E-state index contributed by atoms with van der Waals surface area (Å²) in [6, 6.07) is 13.4. The highest BCUT2D eigenvalue weighted by Gasteiger charge is 2.09. The van der Waals surface area contributed by atoms with Gasteiger partial charge in [-0.2, -0.15) is 0 Å². The van der Waals surface area contributed by atoms with E-state index in [0.29, 0.717) is 11.5 Å². The van der Waals surface area contributed by atoms with E-state index in [1.165, 1.54) is 0 Å². The molecule has 140 valence electrons. The first-order valence-corrected chi connectivity index (χ1v) is 10.8. The highest BCUT2D eigenvalue weighted by Crippen LogP contribution is 2.34. The number of hydrogen-bond donors (Lipinski definition) is 0. The summed E-state index contributed by atoms with van der Waals surface area (Å²) in [6.07, 6.45) is 3.97. The maximum atomic E-state index is 12.1. The van der Waals surface area contributed by atoms with Crippen molar-refractivity contribution in [2.24, 2.45) is 0 Å². The fourth-order valence-electron chi connectivity index (χ4n) is 2.24. The van der Waals surface area contributed by atoms with Crippen LogP contribution in [0.5, 0.6) is 11.5 Å².